The van der Waals surface area contributed by atoms with Crippen LogP contribution in [0.4, 0.5) is 17.1 Å². The first-order chi connectivity index (χ1) is 25.3. The van der Waals surface area contributed by atoms with E-state index in [1.807, 2.05) is 12.1 Å². The van der Waals surface area contributed by atoms with E-state index in [9.17, 15) is 0 Å². The molecule has 2 heterocycles. The van der Waals surface area contributed by atoms with Gasteiger partial charge in [-0.3, -0.25) is 0 Å². The van der Waals surface area contributed by atoms with Crippen molar-refractivity contribution in [1.29, 1.82) is 0 Å². The summed E-state index contributed by atoms with van der Waals surface area (Å²) in [6.07, 6.45) is 0. The molecule has 0 aliphatic carbocycles. The Morgan fingerprint density at radius 3 is 1.80 bits per heavy atom. The third kappa shape index (κ3) is 4.82. The summed E-state index contributed by atoms with van der Waals surface area (Å²) < 4.78 is 8.83. The first kappa shape index (κ1) is 29.1. The SMILES string of the molecule is c1ccc(-c2ccc(N(c3ccccc3)c3ccc(-c4ccc5c6c4c4ccccc4n6-c4ccccc4O5)cc3)c(-c3ccccc3)c2)cc1. The molecular weight excluding hydrogens is 621 g/mol. The summed E-state index contributed by atoms with van der Waals surface area (Å²) in [5.41, 5.74) is 13.7. The largest absolute Gasteiger partial charge is 0.453 e. The Hall–Kier alpha value is -6.84. The first-order valence-corrected chi connectivity index (χ1v) is 17.4. The van der Waals surface area contributed by atoms with E-state index in [2.05, 4.69) is 191 Å². The molecule has 0 fully saturated rings. The van der Waals surface area contributed by atoms with Crippen LogP contribution in [0, 0.1) is 0 Å². The number of nitrogens with zero attached hydrogens (tertiary/aromatic N) is 2. The Kier molecular flexibility index (Phi) is 6.81. The molecule has 0 radical (unpaired) electrons. The maximum atomic E-state index is 6.48. The van der Waals surface area contributed by atoms with Crippen LogP contribution in [-0.2, 0) is 0 Å². The summed E-state index contributed by atoms with van der Waals surface area (Å²) in [7, 11) is 0. The van der Waals surface area contributed by atoms with E-state index in [-0.39, 0.29) is 0 Å². The Balaban J connectivity index is 1.14. The third-order valence-electron chi connectivity index (χ3n) is 9.99. The number of aromatic nitrogens is 1. The summed E-state index contributed by atoms with van der Waals surface area (Å²) in [6.45, 7) is 0. The molecule has 0 bridgehead atoms. The van der Waals surface area contributed by atoms with Crippen molar-refractivity contribution in [2.75, 3.05) is 4.90 Å². The molecule has 0 spiro atoms. The minimum Gasteiger partial charge on any atom is -0.453 e. The van der Waals surface area contributed by atoms with Gasteiger partial charge in [0, 0.05) is 27.7 Å². The van der Waals surface area contributed by atoms with Crippen molar-refractivity contribution in [3.63, 3.8) is 0 Å². The van der Waals surface area contributed by atoms with Gasteiger partial charge >= 0.3 is 0 Å². The molecule has 9 aromatic rings. The van der Waals surface area contributed by atoms with Crippen LogP contribution in [0.1, 0.15) is 0 Å². The van der Waals surface area contributed by atoms with Crippen molar-refractivity contribution in [3.05, 3.63) is 194 Å². The predicted octanol–water partition coefficient (Wildman–Crippen LogP) is 13.4. The van der Waals surface area contributed by atoms with E-state index in [4.69, 9.17) is 4.74 Å². The molecule has 8 aromatic carbocycles. The Morgan fingerprint density at radius 2 is 1.02 bits per heavy atom. The number of rotatable bonds is 6. The van der Waals surface area contributed by atoms with Crippen LogP contribution >= 0.6 is 0 Å². The lowest BCUT2D eigenvalue weighted by Crippen LogP contribution is -2.11. The van der Waals surface area contributed by atoms with Crippen molar-refractivity contribution in [2.45, 2.75) is 0 Å². The van der Waals surface area contributed by atoms with Gasteiger partial charge in [-0.25, -0.2) is 0 Å². The van der Waals surface area contributed by atoms with Crippen molar-refractivity contribution in [3.8, 4) is 50.6 Å². The molecule has 1 aromatic heterocycles. The molecule has 0 saturated carbocycles. The maximum Gasteiger partial charge on any atom is 0.152 e. The molecular formula is C48H32N2O. The van der Waals surface area contributed by atoms with E-state index >= 15 is 0 Å². The summed E-state index contributed by atoms with van der Waals surface area (Å²) in [6, 6.07) is 69.1. The normalized spacial score (nSPS) is 11.7. The van der Waals surface area contributed by atoms with Gasteiger partial charge in [0.15, 0.2) is 11.5 Å². The number of hydrogen-bond donors (Lipinski definition) is 0. The Labute approximate surface area is 296 Å². The molecule has 1 aliphatic rings. The number of benzene rings is 8. The maximum absolute atomic E-state index is 6.48. The zero-order chi connectivity index (χ0) is 33.7. The summed E-state index contributed by atoms with van der Waals surface area (Å²) >= 11 is 0. The fraction of sp³-hybridized carbons (Fsp3) is 0. The van der Waals surface area contributed by atoms with Gasteiger partial charge in [0.25, 0.3) is 0 Å². The second-order valence-corrected chi connectivity index (χ2v) is 12.9. The van der Waals surface area contributed by atoms with Gasteiger partial charge < -0.3 is 14.2 Å². The van der Waals surface area contributed by atoms with Gasteiger partial charge in [-0.15, -0.1) is 0 Å². The molecule has 0 saturated heterocycles. The lowest BCUT2D eigenvalue weighted by atomic mass is 9.95. The quantitative estimate of drug-likeness (QED) is 0.178. The van der Waals surface area contributed by atoms with Crippen molar-refractivity contribution in [1.82, 2.24) is 4.57 Å². The summed E-state index contributed by atoms with van der Waals surface area (Å²) in [4.78, 5) is 2.37. The van der Waals surface area contributed by atoms with E-state index in [1.54, 1.807) is 0 Å². The highest BCUT2D eigenvalue weighted by molar-refractivity contribution is 6.18. The third-order valence-corrected chi connectivity index (χ3v) is 9.99. The zero-order valence-electron chi connectivity index (χ0n) is 27.8. The second-order valence-electron chi connectivity index (χ2n) is 12.9. The molecule has 3 nitrogen and oxygen atoms in total. The average molecular weight is 653 g/mol. The first-order valence-electron chi connectivity index (χ1n) is 17.4. The smallest absolute Gasteiger partial charge is 0.152 e. The van der Waals surface area contributed by atoms with Crippen LogP contribution in [-0.4, -0.2) is 4.57 Å². The number of hydrogen-bond acceptors (Lipinski definition) is 2. The van der Waals surface area contributed by atoms with Crippen molar-refractivity contribution < 1.29 is 4.74 Å². The summed E-state index contributed by atoms with van der Waals surface area (Å²) in [5, 5.41) is 2.42. The van der Waals surface area contributed by atoms with Crippen LogP contribution in [0.3, 0.4) is 0 Å². The lowest BCUT2D eigenvalue weighted by molar-refractivity contribution is 0.476. The van der Waals surface area contributed by atoms with Gasteiger partial charge in [0.05, 0.1) is 22.4 Å². The number of ether oxygens (including phenoxy) is 1. The standard InChI is InChI=1S/C48H32N2O/c1-4-14-33(15-5-1)36-26-30-43(41(32-36)34-16-6-2-7-17-34)49(37-18-8-3-9-19-37)38-27-24-35(25-28-38)39-29-31-46-48-47(39)40-20-10-11-21-42(40)50(48)44-22-12-13-23-45(44)51-46/h1-32H. The summed E-state index contributed by atoms with van der Waals surface area (Å²) in [5.74, 6) is 1.75. The average Bonchev–Trinajstić information content (AvgIpc) is 3.56. The van der Waals surface area contributed by atoms with Crippen LogP contribution in [0.2, 0.25) is 0 Å². The molecule has 0 atom stereocenters. The second kappa shape index (κ2) is 11.9. The number of para-hydroxylation sites is 4. The van der Waals surface area contributed by atoms with Crippen molar-refractivity contribution in [2.24, 2.45) is 0 Å². The van der Waals surface area contributed by atoms with Crippen LogP contribution in [0.15, 0.2) is 194 Å². The van der Waals surface area contributed by atoms with Crippen LogP contribution in [0.5, 0.6) is 11.5 Å². The molecule has 240 valence electrons. The lowest BCUT2D eigenvalue weighted by Gasteiger charge is -2.28. The Bertz CT molecular complexity index is 2700. The number of fused-ring (bicyclic) bond motifs is 5. The Morgan fingerprint density at radius 1 is 0.412 bits per heavy atom. The zero-order valence-corrected chi connectivity index (χ0v) is 27.8. The van der Waals surface area contributed by atoms with E-state index < -0.39 is 0 Å². The molecule has 3 heteroatoms. The van der Waals surface area contributed by atoms with Crippen molar-refractivity contribution >= 4 is 38.9 Å². The molecule has 1 aliphatic heterocycles. The fourth-order valence-corrected chi connectivity index (χ4v) is 7.67. The molecule has 10 rings (SSSR count). The molecule has 0 unspecified atom stereocenters. The molecule has 0 amide bonds. The highest BCUT2D eigenvalue weighted by Crippen LogP contribution is 2.49. The van der Waals surface area contributed by atoms with Gasteiger partial charge in [-0.2, -0.15) is 0 Å². The monoisotopic (exact) mass is 652 g/mol. The highest BCUT2D eigenvalue weighted by Gasteiger charge is 2.26. The topological polar surface area (TPSA) is 17.4 Å². The van der Waals surface area contributed by atoms with Gasteiger partial charge in [-0.05, 0) is 94.5 Å². The van der Waals surface area contributed by atoms with E-state index in [1.165, 1.54) is 44.1 Å². The van der Waals surface area contributed by atoms with Gasteiger partial charge in [0.2, 0.25) is 0 Å². The number of anilines is 3. The van der Waals surface area contributed by atoms with Gasteiger partial charge in [-0.1, -0.05) is 127 Å². The van der Waals surface area contributed by atoms with E-state index in [0.29, 0.717) is 0 Å². The minimum atomic E-state index is 0.873. The minimum absolute atomic E-state index is 0.873. The molecule has 0 N–H and O–H groups in total. The van der Waals surface area contributed by atoms with Crippen LogP contribution < -0.4 is 9.64 Å². The van der Waals surface area contributed by atoms with Crippen LogP contribution in [0.25, 0.3) is 60.9 Å². The van der Waals surface area contributed by atoms with E-state index in [0.717, 1.165) is 45.3 Å². The highest BCUT2D eigenvalue weighted by atomic mass is 16.5. The predicted molar refractivity (Wildman–Crippen MR) is 212 cm³/mol. The fourth-order valence-electron chi connectivity index (χ4n) is 7.67. The van der Waals surface area contributed by atoms with Gasteiger partial charge in [0.1, 0.15) is 0 Å². The molecule has 51 heavy (non-hydrogen) atoms.